The van der Waals surface area contributed by atoms with Crippen LogP contribution in [0.5, 0.6) is 0 Å². The zero-order valence-corrected chi connectivity index (χ0v) is 16.2. The Morgan fingerprint density at radius 1 is 1.17 bits per heavy atom. The number of amides is 2. The summed E-state index contributed by atoms with van der Waals surface area (Å²) in [6.45, 7) is 5.38. The molecule has 134 valence electrons. The van der Waals surface area contributed by atoms with Gasteiger partial charge in [0.25, 0.3) is 0 Å². The highest BCUT2D eigenvalue weighted by atomic mass is 127. The first-order valence-electron chi connectivity index (χ1n) is 7.73. The normalized spacial score (nSPS) is 14.2. The zero-order chi connectivity index (χ0) is 16.2. The Labute approximate surface area is 154 Å². The standard InChI is InChI=1S/C14H27N5O3.HI/c1-3-15-14(17-10-12(20)16-6-9-22-2)18-11-13(21)19-7-4-5-8-19;/h3-11H2,1-2H3,(H,16,20)(H2,15,17,18);1H. The number of methoxy groups -OCH3 is 1. The number of guanidine groups is 1. The van der Waals surface area contributed by atoms with Crippen LogP contribution < -0.4 is 16.0 Å². The maximum absolute atomic E-state index is 12.0. The molecule has 0 aromatic rings. The van der Waals surface area contributed by atoms with Gasteiger partial charge in [-0.3, -0.25) is 9.59 Å². The van der Waals surface area contributed by atoms with E-state index in [0.717, 1.165) is 25.9 Å². The average Bonchev–Trinajstić information content (AvgIpc) is 3.04. The molecule has 3 N–H and O–H groups in total. The van der Waals surface area contributed by atoms with Gasteiger partial charge in [0.2, 0.25) is 11.8 Å². The summed E-state index contributed by atoms with van der Waals surface area (Å²) in [5.41, 5.74) is 0. The SMILES string of the molecule is CCNC(=NCC(=O)NCCOC)NCC(=O)N1CCCC1.I. The van der Waals surface area contributed by atoms with E-state index in [1.165, 1.54) is 0 Å². The van der Waals surface area contributed by atoms with Gasteiger partial charge >= 0.3 is 0 Å². The second kappa shape index (κ2) is 13.3. The summed E-state index contributed by atoms with van der Waals surface area (Å²) in [7, 11) is 1.58. The predicted molar refractivity (Wildman–Crippen MR) is 100 cm³/mol. The summed E-state index contributed by atoms with van der Waals surface area (Å²) < 4.78 is 4.85. The van der Waals surface area contributed by atoms with Crippen LogP contribution in [0.4, 0.5) is 0 Å². The summed E-state index contributed by atoms with van der Waals surface area (Å²) in [6, 6.07) is 0. The van der Waals surface area contributed by atoms with Gasteiger partial charge in [-0.15, -0.1) is 24.0 Å². The highest BCUT2D eigenvalue weighted by molar-refractivity contribution is 14.0. The number of ether oxygens (including phenoxy) is 1. The van der Waals surface area contributed by atoms with Crippen molar-refractivity contribution < 1.29 is 14.3 Å². The first-order valence-corrected chi connectivity index (χ1v) is 7.73. The molecule has 1 heterocycles. The van der Waals surface area contributed by atoms with Gasteiger partial charge in [-0.2, -0.15) is 0 Å². The van der Waals surface area contributed by atoms with Crippen LogP contribution in [0.1, 0.15) is 19.8 Å². The zero-order valence-electron chi connectivity index (χ0n) is 13.9. The topological polar surface area (TPSA) is 95.1 Å². The molecule has 1 aliphatic rings. The Kier molecular flexibility index (Phi) is 12.7. The van der Waals surface area contributed by atoms with E-state index in [-0.39, 0.29) is 48.9 Å². The minimum Gasteiger partial charge on any atom is -0.383 e. The van der Waals surface area contributed by atoms with Crippen molar-refractivity contribution in [3.63, 3.8) is 0 Å². The van der Waals surface area contributed by atoms with Crippen LogP contribution in [0.15, 0.2) is 4.99 Å². The molecular weight excluding hydrogens is 413 g/mol. The fourth-order valence-corrected chi connectivity index (χ4v) is 2.08. The van der Waals surface area contributed by atoms with Crippen LogP contribution in [0.2, 0.25) is 0 Å². The lowest BCUT2D eigenvalue weighted by Gasteiger charge is -2.17. The Bertz CT molecular complexity index is 387. The van der Waals surface area contributed by atoms with Crippen LogP contribution >= 0.6 is 24.0 Å². The van der Waals surface area contributed by atoms with E-state index in [0.29, 0.717) is 25.7 Å². The van der Waals surface area contributed by atoms with E-state index in [9.17, 15) is 9.59 Å². The number of likely N-dealkylation sites (tertiary alicyclic amines) is 1. The first-order chi connectivity index (χ1) is 10.7. The number of aliphatic imine (C=N–C) groups is 1. The molecule has 0 aromatic heterocycles. The van der Waals surface area contributed by atoms with Gasteiger partial charge < -0.3 is 25.6 Å². The van der Waals surface area contributed by atoms with Crippen molar-refractivity contribution in [2.45, 2.75) is 19.8 Å². The summed E-state index contributed by atoms with van der Waals surface area (Å²) in [5, 5.41) is 8.67. The molecule has 0 atom stereocenters. The minimum atomic E-state index is -0.180. The van der Waals surface area contributed by atoms with E-state index in [1.807, 2.05) is 11.8 Å². The maximum atomic E-state index is 12.0. The number of hydrogen-bond acceptors (Lipinski definition) is 4. The molecule has 9 heteroatoms. The molecule has 1 aliphatic heterocycles. The number of nitrogens with one attached hydrogen (secondary N) is 3. The Morgan fingerprint density at radius 3 is 2.48 bits per heavy atom. The van der Waals surface area contributed by atoms with Gasteiger partial charge in [0.05, 0.1) is 13.2 Å². The van der Waals surface area contributed by atoms with Crippen LogP contribution in [0, 0.1) is 0 Å². The summed E-state index contributed by atoms with van der Waals surface area (Å²) in [6.07, 6.45) is 2.14. The number of carbonyl (C=O) groups is 2. The lowest BCUT2D eigenvalue weighted by Crippen LogP contribution is -2.44. The van der Waals surface area contributed by atoms with E-state index < -0.39 is 0 Å². The lowest BCUT2D eigenvalue weighted by molar-refractivity contribution is -0.128. The fourth-order valence-electron chi connectivity index (χ4n) is 2.08. The Balaban J connectivity index is 0.00000484. The molecule has 1 fully saturated rings. The molecule has 0 unspecified atom stereocenters. The highest BCUT2D eigenvalue weighted by Crippen LogP contribution is 2.06. The van der Waals surface area contributed by atoms with Gasteiger partial charge in [0, 0.05) is 33.3 Å². The molecule has 23 heavy (non-hydrogen) atoms. The number of halogens is 1. The molecule has 0 saturated carbocycles. The highest BCUT2D eigenvalue weighted by Gasteiger charge is 2.17. The van der Waals surface area contributed by atoms with Crippen molar-refractivity contribution in [3.8, 4) is 0 Å². The molecule has 1 saturated heterocycles. The summed E-state index contributed by atoms with van der Waals surface area (Å²) in [5.74, 6) is 0.352. The quantitative estimate of drug-likeness (QED) is 0.205. The number of rotatable bonds is 8. The average molecular weight is 441 g/mol. The van der Waals surface area contributed by atoms with E-state index in [2.05, 4.69) is 20.9 Å². The maximum Gasteiger partial charge on any atom is 0.241 e. The predicted octanol–water partition coefficient (Wildman–Crippen LogP) is -0.455. The number of carbonyl (C=O) groups excluding carboxylic acids is 2. The van der Waals surface area contributed by atoms with Crippen molar-refractivity contribution in [3.05, 3.63) is 0 Å². The second-order valence-electron chi connectivity index (χ2n) is 4.98. The van der Waals surface area contributed by atoms with Gasteiger partial charge in [-0.25, -0.2) is 4.99 Å². The van der Waals surface area contributed by atoms with Gasteiger partial charge in [0.1, 0.15) is 6.54 Å². The third-order valence-electron chi connectivity index (χ3n) is 3.22. The molecule has 2 amide bonds. The second-order valence-corrected chi connectivity index (χ2v) is 4.98. The number of hydrogen-bond donors (Lipinski definition) is 3. The Hall–Kier alpha value is -1.10. The van der Waals surface area contributed by atoms with Gasteiger partial charge in [-0.1, -0.05) is 0 Å². The number of nitrogens with zero attached hydrogens (tertiary/aromatic N) is 2. The summed E-state index contributed by atoms with van der Waals surface area (Å²) >= 11 is 0. The van der Waals surface area contributed by atoms with Gasteiger partial charge in [0.15, 0.2) is 5.96 Å². The monoisotopic (exact) mass is 441 g/mol. The van der Waals surface area contributed by atoms with Crippen LogP contribution in [0.25, 0.3) is 0 Å². The molecule has 0 aromatic carbocycles. The van der Waals surface area contributed by atoms with E-state index in [4.69, 9.17) is 4.74 Å². The molecule has 8 nitrogen and oxygen atoms in total. The molecule has 1 rings (SSSR count). The first kappa shape index (κ1) is 21.9. The van der Waals surface area contributed by atoms with Crippen LogP contribution in [-0.2, 0) is 14.3 Å². The molecular formula is C14H28IN5O3. The fraction of sp³-hybridized carbons (Fsp3) is 0.786. The molecule has 0 aliphatic carbocycles. The Morgan fingerprint density at radius 2 is 1.87 bits per heavy atom. The van der Waals surface area contributed by atoms with Crippen molar-refractivity contribution in [2.24, 2.45) is 4.99 Å². The van der Waals surface area contributed by atoms with Crippen molar-refractivity contribution in [1.29, 1.82) is 0 Å². The third-order valence-corrected chi connectivity index (χ3v) is 3.22. The van der Waals surface area contributed by atoms with Crippen LogP contribution in [-0.4, -0.2) is 75.7 Å². The minimum absolute atomic E-state index is 0. The molecule has 0 spiro atoms. The van der Waals surface area contributed by atoms with Crippen molar-refractivity contribution in [2.75, 3.05) is 53.0 Å². The largest absolute Gasteiger partial charge is 0.383 e. The third kappa shape index (κ3) is 9.59. The van der Waals surface area contributed by atoms with Crippen molar-refractivity contribution >= 4 is 41.8 Å². The smallest absolute Gasteiger partial charge is 0.241 e. The lowest BCUT2D eigenvalue weighted by atomic mass is 10.4. The molecule has 0 bridgehead atoms. The van der Waals surface area contributed by atoms with E-state index >= 15 is 0 Å². The van der Waals surface area contributed by atoms with Gasteiger partial charge in [-0.05, 0) is 19.8 Å². The van der Waals surface area contributed by atoms with Crippen LogP contribution in [0.3, 0.4) is 0 Å². The van der Waals surface area contributed by atoms with E-state index in [1.54, 1.807) is 7.11 Å². The van der Waals surface area contributed by atoms with Crippen molar-refractivity contribution in [1.82, 2.24) is 20.9 Å². The summed E-state index contributed by atoms with van der Waals surface area (Å²) in [4.78, 5) is 29.5. The molecule has 0 radical (unpaired) electrons.